The van der Waals surface area contributed by atoms with E-state index in [9.17, 15) is 9.59 Å². The summed E-state index contributed by atoms with van der Waals surface area (Å²) in [5.74, 6) is 2.26. The number of thioether (sulfide) groups is 1. The molecule has 3 aromatic rings. The van der Waals surface area contributed by atoms with Crippen LogP contribution in [0.15, 0.2) is 46.3 Å². The maximum atomic E-state index is 13.0. The van der Waals surface area contributed by atoms with E-state index < -0.39 is 0 Å². The highest BCUT2D eigenvalue weighted by Gasteiger charge is 2.20. The molecule has 1 aliphatic rings. The lowest BCUT2D eigenvalue weighted by Crippen LogP contribution is -2.23. The van der Waals surface area contributed by atoms with Gasteiger partial charge in [-0.2, -0.15) is 4.98 Å². The van der Waals surface area contributed by atoms with Crippen LogP contribution < -0.4 is 24.5 Å². The molecular formula is C24H24N2O6S. The van der Waals surface area contributed by atoms with Crippen molar-refractivity contribution in [3.8, 4) is 23.1 Å². The van der Waals surface area contributed by atoms with Gasteiger partial charge >= 0.3 is 0 Å². The predicted molar refractivity (Wildman–Crippen MR) is 124 cm³/mol. The van der Waals surface area contributed by atoms with Crippen LogP contribution in [0.25, 0.3) is 0 Å². The van der Waals surface area contributed by atoms with E-state index in [1.807, 2.05) is 12.1 Å². The summed E-state index contributed by atoms with van der Waals surface area (Å²) >= 11 is 1.55. The average Bonchev–Trinajstić information content (AvgIpc) is 3.33. The lowest BCUT2D eigenvalue weighted by molar-refractivity contribution is 0.103. The van der Waals surface area contributed by atoms with Gasteiger partial charge in [0.25, 0.3) is 5.56 Å². The first-order valence-corrected chi connectivity index (χ1v) is 11.3. The molecule has 2 heterocycles. The fraction of sp³-hybridized carbons (Fsp3) is 0.292. The molecular weight excluding hydrogens is 444 g/mol. The van der Waals surface area contributed by atoms with Crippen molar-refractivity contribution < 1.29 is 23.7 Å². The van der Waals surface area contributed by atoms with Crippen molar-refractivity contribution in [1.29, 1.82) is 0 Å². The Bertz CT molecular complexity index is 1230. The number of benzene rings is 2. The van der Waals surface area contributed by atoms with Gasteiger partial charge in [-0.1, -0.05) is 36.0 Å². The third-order valence-corrected chi connectivity index (χ3v) is 6.34. The van der Waals surface area contributed by atoms with E-state index in [1.54, 1.807) is 47.5 Å². The van der Waals surface area contributed by atoms with Crippen LogP contribution in [0.3, 0.4) is 0 Å². The number of ketones is 1. The minimum absolute atomic E-state index is 0.0636. The third kappa shape index (κ3) is 4.41. The van der Waals surface area contributed by atoms with Crippen LogP contribution in [0.2, 0.25) is 0 Å². The molecule has 0 aliphatic carbocycles. The van der Waals surface area contributed by atoms with Crippen LogP contribution in [0.4, 0.5) is 0 Å². The van der Waals surface area contributed by atoms with Crippen molar-refractivity contribution >= 4 is 17.5 Å². The number of hydrogen-bond donors (Lipinski definition) is 0. The molecule has 0 fully saturated rings. The van der Waals surface area contributed by atoms with E-state index in [2.05, 4.69) is 4.98 Å². The van der Waals surface area contributed by atoms with E-state index in [-0.39, 0.29) is 17.9 Å². The molecule has 0 unspecified atom stereocenters. The average molecular weight is 469 g/mol. The van der Waals surface area contributed by atoms with Crippen LogP contribution in [-0.2, 0) is 13.2 Å². The van der Waals surface area contributed by atoms with Crippen molar-refractivity contribution in [2.75, 3.05) is 27.1 Å². The van der Waals surface area contributed by atoms with Crippen LogP contribution in [0.5, 0.6) is 23.1 Å². The molecule has 1 aromatic heterocycles. The maximum Gasteiger partial charge on any atom is 0.260 e. The number of carbonyl (C=O) groups excluding carboxylic acids is 1. The van der Waals surface area contributed by atoms with E-state index in [0.29, 0.717) is 51.5 Å². The highest BCUT2D eigenvalue weighted by molar-refractivity contribution is 7.99. The molecule has 0 radical (unpaired) electrons. The molecule has 0 spiro atoms. The van der Waals surface area contributed by atoms with Crippen molar-refractivity contribution in [3.63, 3.8) is 0 Å². The van der Waals surface area contributed by atoms with Crippen LogP contribution in [0.1, 0.15) is 27.0 Å². The molecule has 172 valence electrons. The molecule has 4 rings (SSSR count). The Hall–Kier alpha value is -3.46. The van der Waals surface area contributed by atoms with Gasteiger partial charge in [0, 0.05) is 23.4 Å². The monoisotopic (exact) mass is 468 g/mol. The minimum Gasteiger partial charge on any atom is -0.493 e. The number of fused-ring (bicyclic) bond motifs is 1. The second-order valence-electron chi connectivity index (χ2n) is 7.36. The Morgan fingerprint density at radius 2 is 1.70 bits per heavy atom. The molecule has 0 N–H and O–H groups in total. The van der Waals surface area contributed by atoms with Gasteiger partial charge in [-0.3, -0.25) is 14.2 Å². The summed E-state index contributed by atoms with van der Waals surface area (Å²) in [7, 11) is 4.52. The van der Waals surface area contributed by atoms with Gasteiger partial charge in [-0.15, -0.1) is 0 Å². The van der Waals surface area contributed by atoms with Crippen molar-refractivity contribution in [3.05, 3.63) is 69.0 Å². The fourth-order valence-corrected chi connectivity index (χ4v) is 4.50. The number of rotatable bonds is 8. The molecule has 0 bridgehead atoms. The van der Waals surface area contributed by atoms with Gasteiger partial charge in [0.2, 0.25) is 11.6 Å². The summed E-state index contributed by atoms with van der Waals surface area (Å²) in [6.45, 7) is 2.63. The first-order chi connectivity index (χ1) is 16.0. The van der Waals surface area contributed by atoms with Crippen LogP contribution >= 0.6 is 11.8 Å². The topological polar surface area (TPSA) is 88.9 Å². The van der Waals surface area contributed by atoms with E-state index in [4.69, 9.17) is 18.9 Å². The second-order valence-corrected chi connectivity index (χ2v) is 8.42. The van der Waals surface area contributed by atoms with Gasteiger partial charge in [-0.25, -0.2) is 0 Å². The molecule has 0 amide bonds. The number of hydrogen-bond acceptors (Lipinski definition) is 8. The quantitative estimate of drug-likeness (QED) is 0.367. The first kappa shape index (κ1) is 22.7. The Morgan fingerprint density at radius 1 is 1.03 bits per heavy atom. The molecule has 2 aromatic carbocycles. The minimum atomic E-state index is -0.178. The molecule has 0 saturated heterocycles. The molecule has 0 atom stereocenters. The SMILES string of the molecule is COc1cc(C(=O)c2ccc(COc3nc4n(c(=O)c3C)CCS4)cc2)cc(OC)c1OC. The van der Waals surface area contributed by atoms with Gasteiger partial charge in [0.05, 0.1) is 26.9 Å². The molecule has 0 saturated carbocycles. The lowest BCUT2D eigenvalue weighted by Gasteiger charge is -2.14. The summed E-state index contributed by atoms with van der Waals surface area (Å²) in [5.41, 5.74) is 2.21. The summed E-state index contributed by atoms with van der Waals surface area (Å²) in [6, 6.07) is 10.3. The van der Waals surface area contributed by atoms with E-state index >= 15 is 0 Å². The smallest absolute Gasteiger partial charge is 0.260 e. The zero-order valence-electron chi connectivity index (χ0n) is 18.8. The Balaban J connectivity index is 1.51. The summed E-state index contributed by atoms with van der Waals surface area (Å²) in [4.78, 5) is 30.0. The standard InChI is InChI=1S/C24H24N2O6S/c1-14-22(25-24-26(23(14)28)9-10-33-24)32-13-15-5-7-16(8-6-15)20(27)17-11-18(29-2)21(31-4)19(12-17)30-3/h5-8,11-12H,9-10,13H2,1-4H3. The number of aromatic nitrogens is 2. The fourth-order valence-electron chi connectivity index (χ4n) is 3.57. The number of ether oxygens (including phenoxy) is 4. The number of carbonyl (C=O) groups is 1. The van der Waals surface area contributed by atoms with E-state index in [0.717, 1.165) is 11.3 Å². The largest absolute Gasteiger partial charge is 0.493 e. The van der Waals surface area contributed by atoms with Crippen molar-refractivity contribution in [1.82, 2.24) is 9.55 Å². The van der Waals surface area contributed by atoms with Crippen LogP contribution in [0, 0.1) is 6.92 Å². The third-order valence-electron chi connectivity index (χ3n) is 5.38. The first-order valence-electron chi connectivity index (χ1n) is 10.3. The normalized spacial score (nSPS) is 12.2. The summed E-state index contributed by atoms with van der Waals surface area (Å²) in [5, 5.41) is 0.687. The molecule has 9 heteroatoms. The molecule has 33 heavy (non-hydrogen) atoms. The zero-order chi connectivity index (χ0) is 23.5. The van der Waals surface area contributed by atoms with E-state index in [1.165, 1.54) is 21.3 Å². The zero-order valence-corrected chi connectivity index (χ0v) is 19.7. The van der Waals surface area contributed by atoms with Crippen molar-refractivity contribution in [2.45, 2.75) is 25.2 Å². The Morgan fingerprint density at radius 3 is 2.30 bits per heavy atom. The van der Waals surface area contributed by atoms with Crippen molar-refractivity contribution in [2.24, 2.45) is 0 Å². The van der Waals surface area contributed by atoms with Gasteiger partial charge < -0.3 is 18.9 Å². The van der Waals surface area contributed by atoms with Crippen LogP contribution in [-0.4, -0.2) is 42.4 Å². The Labute approximate surface area is 195 Å². The molecule has 8 nitrogen and oxygen atoms in total. The number of nitrogens with zero attached hydrogens (tertiary/aromatic N) is 2. The second kappa shape index (κ2) is 9.58. The summed E-state index contributed by atoms with van der Waals surface area (Å²) < 4.78 is 23.5. The van der Waals surface area contributed by atoms with Gasteiger partial charge in [0.1, 0.15) is 6.61 Å². The Kier molecular flexibility index (Phi) is 6.60. The highest BCUT2D eigenvalue weighted by Crippen LogP contribution is 2.38. The number of methoxy groups -OCH3 is 3. The van der Waals surface area contributed by atoms with Gasteiger partial charge in [0.15, 0.2) is 22.4 Å². The highest BCUT2D eigenvalue weighted by atomic mass is 32.2. The van der Waals surface area contributed by atoms with Gasteiger partial charge in [-0.05, 0) is 24.6 Å². The predicted octanol–water partition coefficient (Wildman–Crippen LogP) is 3.49. The maximum absolute atomic E-state index is 13.0. The lowest BCUT2D eigenvalue weighted by atomic mass is 10.0. The summed E-state index contributed by atoms with van der Waals surface area (Å²) in [6.07, 6.45) is 0. The molecule has 1 aliphatic heterocycles.